The van der Waals surface area contributed by atoms with Gasteiger partial charge in [0.15, 0.2) is 0 Å². The molecular formula is C11H14N4OS. The molecule has 0 saturated heterocycles. The molecule has 1 saturated carbocycles. The molecule has 1 aromatic heterocycles. The van der Waals surface area contributed by atoms with Gasteiger partial charge in [-0.1, -0.05) is 0 Å². The van der Waals surface area contributed by atoms with Crippen LogP contribution in [-0.2, 0) is 0 Å². The number of rotatable bonds is 3. The molecule has 1 atom stereocenters. The first-order chi connectivity index (χ1) is 8.15. The normalized spacial score (nSPS) is 24.3. The Morgan fingerprint density at radius 2 is 2.35 bits per heavy atom. The molecule has 17 heavy (non-hydrogen) atoms. The third-order valence-electron chi connectivity index (χ3n) is 3.13. The highest BCUT2D eigenvalue weighted by atomic mass is 32.1. The highest BCUT2D eigenvalue weighted by molar-refractivity contribution is 7.09. The second-order valence-electron chi connectivity index (χ2n) is 4.61. The average Bonchev–Trinajstić information content (AvgIpc) is 2.92. The first-order valence-corrected chi connectivity index (χ1v) is 6.60. The Kier molecular flexibility index (Phi) is 2.39. The molecule has 2 heterocycles. The van der Waals surface area contributed by atoms with Crippen molar-refractivity contribution in [3.63, 3.8) is 0 Å². The van der Waals surface area contributed by atoms with E-state index in [0.29, 0.717) is 11.8 Å². The zero-order chi connectivity index (χ0) is 12.0. The molecule has 2 aliphatic rings. The number of amidine groups is 1. The maximum Gasteiger partial charge on any atom is 0.346 e. The van der Waals surface area contributed by atoms with Crippen LogP contribution in [0.3, 0.4) is 0 Å². The van der Waals surface area contributed by atoms with Gasteiger partial charge in [0.1, 0.15) is 11.9 Å². The van der Waals surface area contributed by atoms with Crippen molar-refractivity contribution in [3.8, 4) is 0 Å². The summed E-state index contributed by atoms with van der Waals surface area (Å²) >= 11 is 1.57. The number of nitrogens with zero attached hydrogens (tertiary/aromatic N) is 3. The number of aromatic nitrogens is 1. The van der Waals surface area contributed by atoms with Gasteiger partial charge in [0.05, 0.1) is 10.7 Å². The van der Waals surface area contributed by atoms with E-state index >= 15 is 0 Å². The molecule has 1 unspecified atom stereocenters. The van der Waals surface area contributed by atoms with Crippen LogP contribution < -0.4 is 5.73 Å². The summed E-state index contributed by atoms with van der Waals surface area (Å²) in [6.45, 7) is 2.70. The lowest BCUT2D eigenvalue weighted by Gasteiger charge is -2.22. The summed E-state index contributed by atoms with van der Waals surface area (Å²) in [6, 6.07) is -0.460. The minimum absolute atomic E-state index is 0.218. The SMILES string of the molecule is Cc1nc(C2C(N)=NC(=O)N2CC2CC2)cs1. The minimum Gasteiger partial charge on any atom is -0.385 e. The number of hydrogen-bond donors (Lipinski definition) is 1. The number of hydrogen-bond acceptors (Lipinski definition) is 4. The van der Waals surface area contributed by atoms with E-state index in [1.165, 1.54) is 12.8 Å². The second kappa shape index (κ2) is 3.80. The largest absolute Gasteiger partial charge is 0.385 e. The second-order valence-corrected chi connectivity index (χ2v) is 5.67. The minimum atomic E-state index is -0.243. The third kappa shape index (κ3) is 1.93. The highest BCUT2D eigenvalue weighted by Gasteiger charge is 2.39. The quantitative estimate of drug-likeness (QED) is 0.887. The van der Waals surface area contributed by atoms with Gasteiger partial charge >= 0.3 is 6.03 Å². The van der Waals surface area contributed by atoms with Crippen LogP contribution in [0, 0.1) is 12.8 Å². The van der Waals surface area contributed by atoms with E-state index in [2.05, 4.69) is 9.98 Å². The average molecular weight is 250 g/mol. The highest BCUT2D eigenvalue weighted by Crippen LogP contribution is 2.35. The van der Waals surface area contributed by atoms with Crippen molar-refractivity contribution in [2.75, 3.05) is 6.54 Å². The van der Waals surface area contributed by atoms with Crippen molar-refractivity contribution < 1.29 is 4.79 Å². The third-order valence-corrected chi connectivity index (χ3v) is 3.92. The lowest BCUT2D eigenvalue weighted by molar-refractivity contribution is 0.203. The van der Waals surface area contributed by atoms with E-state index in [9.17, 15) is 4.79 Å². The van der Waals surface area contributed by atoms with Crippen molar-refractivity contribution in [1.82, 2.24) is 9.88 Å². The van der Waals surface area contributed by atoms with E-state index < -0.39 is 0 Å². The standard InChI is InChI=1S/C11H14N4OS/c1-6-13-8(5-17-6)9-10(12)14-11(16)15(9)4-7-2-3-7/h5,7,9H,2-4H2,1H3,(H2,12,14,16). The molecule has 0 spiro atoms. The van der Waals surface area contributed by atoms with E-state index in [1.54, 1.807) is 16.2 Å². The number of aliphatic imine (C=N–C) groups is 1. The topological polar surface area (TPSA) is 71.6 Å². The number of carbonyl (C=O) groups excluding carboxylic acids is 1. The number of thiazole rings is 1. The van der Waals surface area contributed by atoms with Crippen LogP contribution in [0.4, 0.5) is 4.79 Å². The van der Waals surface area contributed by atoms with Crippen molar-refractivity contribution in [3.05, 3.63) is 16.1 Å². The summed E-state index contributed by atoms with van der Waals surface area (Å²) in [4.78, 5) is 21.8. The van der Waals surface area contributed by atoms with Crippen molar-refractivity contribution in [1.29, 1.82) is 0 Å². The zero-order valence-electron chi connectivity index (χ0n) is 9.59. The molecule has 1 aromatic rings. The van der Waals surface area contributed by atoms with Gasteiger partial charge in [0.25, 0.3) is 0 Å². The van der Waals surface area contributed by atoms with Crippen molar-refractivity contribution in [2.45, 2.75) is 25.8 Å². The fourth-order valence-electron chi connectivity index (χ4n) is 2.08. The van der Waals surface area contributed by atoms with Crippen LogP contribution in [0.2, 0.25) is 0 Å². The Labute approximate surface area is 103 Å². The molecule has 1 aliphatic carbocycles. The number of aryl methyl sites for hydroxylation is 1. The molecule has 1 fully saturated rings. The molecule has 0 aromatic carbocycles. The maximum absolute atomic E-state index is 11.8. The van der Waals surface area contributed by atoms with Crippen molar-refractivity contribution >= 4 is 23.2 Å². The van der Waals surface area contributed by atoms with Crippen molar-refractivity contribution in [2.24, 2.45) is 16.6 Å². The lowest BCUT2D eigenvalue weighted by atomic mass is 10.2. The van der Waals surface area contributed by atoms with Gasteiger partial charge in [-0.15, -0.1) is 11.3 Å². The Morgan fingerprint density at radius 3 is 2.94 bits per heavy atom. The Morgan fingerprint density at radius 1 is 1.59 bits per heavy atom. The zero-order valence-corrected chi connectivity index (χ0v) is 10.4. The molecule has 1 aliphatic heterocycles. The molecule has 2 amide bonds. The summed E-state index contributed by atoms with van der Waals surface area (Å²) in [6.07, 6.45) is 2.40. The smallest absolute Gasteiger partial charge is 0.346 e. The molecule has 2 N–H and O–H groups in total. The maximum atomic E-state index is 11.8. The summed E-state index contributed by atoms with van der Waals surface area (Å²) in [5.74, 6) is 1.00. The van der Waals surface area contributed by atoms with Crippen LogP contribution >= 0.6 is 11.3 Å². The van der Waals surface area contributed by atoms with Gasteiger partial charge in [0.2, 0.25) is 0 Å². The number of carbonyl (C=O) groups is 1. The molecule has 0 radical (unpaired) electrons. The summed E-state index contributed by atoms with van der Waals surface area (Å²) in [7, 11) is 0. The fourth-order valence-corrected chi connectivity index (χ4v) is 2.72. The molecule has 5 nitrogen and oxygen atoms in total. The Bertz CT molecular complexity index is 491. The summed E-state index contributed by atoms with van der Waals surface area (Å²) < 4.78 is 0. The number of urea groups is 1. The summed E-state index contributed by atoms with van der Waals surface area (Å²) in [5.41, 5.74) is 6.70. The predicted octanol–water partition coefficient (Wildman–Crippen LogP) is 1.70. The molecule has 6 heteroatoms. The van der Waals surface area contributed by atoms with Crippen LogP contribution in [0.25, 0.3) is 0 Å². The van der Waals surface area contributed by atoms with Crippen LogP contribution in [0.15, 0.2) is 10.4 Å². The molecule has 3 rings (SSSR count). The monoisotopic (exact) mass is 250 g/mol. The van der Waals surface area contributed by atoms with Gasteiger partial charge in [-0.2, -0.15) is 4.99 Å². The fraction of sp³-hybridized carbons (Fsp3) is 0.545. The Hall–Kier alpha value is -1.43. The van der Waals surface area contributed by atoms with Crippen LogP contribution in [0.5, 0.6) is 0 Å². The number of nitrogens with two attached hydrogens (primary N) is 1. The van der Waals surface area contributed by atoms with Gasteiger partial charge in [0, 0.05) is 11.9 Å². The molecule has 0 bridgehead atoms. The first-order valence-electron chi connectivity index (χ1n) is 5.72. The van der Waals surface area contributed by atoms with E-state index in [1.807, 2.05) is 12.3 Å². The van der Waals surface area contributed by atoms with Crippen LogP contribution in [0.1, 0.15) is 29.6 Å². The van der Waals surface area contributed by atoms with E-state index in [0.717, 1.165) is 17.2 Å². The number of amides is 2. The van der Waals surface area contributed by atoms with Gasteiger partial charge in [-0.3, -0.25) is 0 Å². The van der Waals surface area contributed by atoms with Gasteiger partial charge in [-0.25, -0.2) is 9.78 Å². The Balaban J connectivity index is 1.88. The lowest BCUT2D eigenvalue weighted by Crippen LogP contribution is -2.35. The summed E-state index contributed by atoms with van der Waals surface area (Å²) in [5, 5.41) is 2.94. The predicted molar refractivity (Wildman–Crippen MR) is 66.0 cm³/mol. The van der Waals surface area contributed by atoms with Gasteiger partial charge < -0.3 is 10.6 Å². The molecule has 90 valence electrons. The van der Waals surface area contributed by atoms with Gasteiger partial charge in [-0.05, 0) is 25.7 Å². The first kappa shape index (κ1) is 10.7. The molecular weight excluding hydrogens is 236 g/mol. The van der Waals surface area contributed by atoms with E-state index in [4.69, 9.17) is 5.73 Å². The van der Waals surface area contributed by atoms with Crippen LogP contribution in [-0.4, -0.2) is 28.3 Å². The van der Waals surface area contributed by atoms with E-state index in [-0.39, 0.29) is 12.1 Å².